The molecule has 0 aliphatic carbocycles. The van der Waals surface area contributed by atoms with Crippen molar-refractivity contribution in [2.75, 3.05) is 0 Å². The topological polar surface area (TPSA) is 38.3 Å². The van der Waals surface area contributed by atoms with Crippen molar-refractivity contribution in [2.24, 2.45) is 0 Å². The summed E-state index contributed by atoms with van der Waals surface area (Å²) in [6.45, 7) is 7.41. The minimum Gasteiger partial charge on any atom is -0.271 e. The van der Waals surface area contributed by atoms with Gasteiger partial charge in [-0.25, -0.2) is 5.48 Å². The van der Waals surface area contributed by atoms with Gasteiger partial charge in [0.25, 0.3) is 5.91 Å². The molecule has 0 aliphatic rings. The summed E-state index contributed by atoms with van der Waals surface area (Å²) in [5, 5.41) is 0. The highest BCUT2D eigenvalue weighted by atomic mass is 16.7. The Kier molecular flexibility index (Phi) is 4.54. The maximum atomic E-state index is 10.8. The first-order valence-electron chi connectivity index (χ1n) is 3.63. The molecule has 1 amide bonds. The van der Waals surface area contributed by atoms with Crippen molar-refractivity contribution in [3.05, 3.63) is 11.6 Å². The van der Waals surface area contributed by atoms with E-state index in [1.165, 1.54) is 6.08 Å². The average molecular weight is 157 g/mol. The second kappa shape index (κ2) is 4.91. The van der Waals surface area contributed by atoms with Crippen molar-refractivity contribution in [3.8, 4) is 0 Å². The third-order valence-electron chi connectivity index (χ3n) is 0.815. The van der Waals surface area contributed by atoms with E-state index in [0.29, 0.717) is 0 Å². The number of amides is 1. The predicted molar refractivity (Wildman–Crippen MR) is 43.8 cm³/mol. The Hall–Kier alpha value is -0.830. The quantitative estimate of drug-likeness (QED) is 0.497. The van der Waals surface area contributed by atoms with E-state index in [9.17, 15) is 4.79 Å². The minimum absolute atomic E-state index is 0.0181. The third kappa shape index (κ3) is 7.06. The van der Waals surface area contributed by atoms with Crippen molar-refractivity contribution >= 4 is 5.91 Å². The van der Waals surface area contributed by atoms with Gasteiger partial charge in [-0.1, -0.05) is 5.57 Å². The number of hydrogen-bond acceptors (Lipinski definition) is 2. The van der Waals surface area contributed by atoms with Gasteiger partial charge in [0.05, 0.1) is 6.10 Å². The van der Waals surface area contributed by atoms with Crippen molar-refractivity contribution < 1.29 is 9.63 Å². The zero-order chi connectivity index (χ0) is 8.85. The number of nitrogens with one attached hydrogen (secondary N) is 1. The second-order valence-corrected chi connectivity index (χ2v) is 2.85. The Morgan fingerprint density at radius 3 is 2.36 bits per heavy atom. The van der Waals surface area contributed by atoms with Crippen LogP contribution in [-0.2, 0) is 9.63 Å². The normalized spacial score (nSPS) is 9.55. The summed E-state index contributed by atoms with van der Waals surface area (Å²) in [5.41, 5.74) is 3.25. The van der Waals surface area contributed by atoms with Gasteiger partial charge in [-0.15, -0.1) is 0 Å². The molecular formula is C8H15NO2. The first-order chi connectivity index (χ1) is 5.02. The van der Waals surface area contributed by atoms with E-state index < -0.39 is 0 Å². The summed E-state index contributed by atoms with van der Waals surface area (Å²) in [4.78, 5) is 15.7. The summed E-state index contributed by atoms with van der Waals surface area (Å²) in [5.74, 6) is -0.210. The molecule has 64 valence electrons. The van der Waals surface area contributed by atoms with Gasteiger partial charge in [0.15, 0.2) is 0 Å². The van der Waals surface area contributed by atoms with Gasteiger partial charge in [-0.05, 0) is 27.7 Å². The van der Waals surface area contributed by atoms with E-state index in [1.807, 2.05) is 27.7 Å². The molecule has 0 saturated heterocycles. The minimum atomic E-state index is -0.210. The molecule has 0 aromatic carbocycles. The molecule has 3 heteroatoms. The molecule has 0 spiro atoms. The van der Waals surface area contributed by atoms with Crippen molar-refractivity contribution in [2.45, 2.75) is 33.8 Å². The average Bonchev–Trinajstić information content (AvgIpc) is 1.82. The molecule has 11 heavy (non-hydrogen) atoms. The van der Waals surface area contributed by atoms with Crippen LogP contribution in [0.15, 0.2) is 11.6 Å². The standard InChI is InChI=1S/C8H15NO2/c1-6(2)5-8(10)9-11-7(3)4/h5,7H,1-4H3,(H,9,10). The van der Waals surface area contributed by atoms with Crippen LogP contribution in [0.25, 0.3) is 0 Å². The fraction of sp³-hybridized carbons (Fsp3) is 0.625. The number of hydrogen-bond donors (Lipinski definition) is 1. The molecule has 0 fully saturated rings. The van der Waals surface area contributed by atoms with Gasteiger partial charge in [0, 0.05) is 6.08 Å². The van der Waals surface area contributed by atoms with Gasteiger partial charge in [-0.2, -0.15) is 0 Å². The molecule has 0 aromatic heterocycles. The van der Waals surface area contributed by atoms with Gasteiger partial charge >= 0.3 is 0 Å². The maximum absolute atomic E-state index is 10.8. The summed E-state index contributed by atoms with van der Waals surface area (Å²) < 4.78 is 0. The second-order valence-electron chi connectivity index (χ2n) is 2.85. The summed E-state index contributed by atoms with van der Waals surface area (Å²) in [6.07, 6.45) is 1.51. The molecule has 1 N–H and O–H groups in total. The Morgan fingerprint density at radius 1 is 1.45 bits per heavy atom. The monoisotopic (exact) mass is 157 g/mol. The zero-order valence-electron chi connectivity index (χ0n) is 7.47. The molecule has 0 heterocycles. The third-order valence-corrected chi connectivity index (χ3v) is 0.815. The van der Waals surface area contributed by atoms with E-state index in [4.69, 9.17) is 4.84 Å². The largest absolute Gasteiger partial charge is 0.271 e. The van der Waals surface area contributed by atoms with E-state index in [0.717, 1.165) is 5.57 Å². The molecule has 0 rings (SSSR count). The Balaban J connectivity index is 3.63. The highest BCUT2D eigenvalue weighted by Gasteiger charge is 1.96. The Bertz CT molecular complexity index is 157. The first-order valence-corrected chi connectivity index (χ1v) is 3.63. The van der Waals surface area contributed by atoms with Gasteiger partial charge in [0.1, 0.15) is 0 Å². The van der Waals surface area contributed by atoms with Crippen molar-refractivity contribution in [3.63, 3.8) is 0 Å². The lowest BCUT2D eigenvalue weighted by molar-refractivity contribution is -0.131. The Morgan fingerprint density at radius 2 is 2.00 bits per heavy atom. The highest BCUT2D eigenvalue weighted by Crippen LogP contribution is 1.88. The van der Waals surface area contributed by atoms with Crippen LogP contribution in [0.5, 0.6) is 0 Å². The van der Waals surface area contributed by atoms with Crippen molar-refractivity contribution in [1.29, 1.82) is 0 Å². The van der Waals surface area contributed by atoms with Crippen LogP contribution in [-0.4, -0.2) is 12.0 Å². The van der Waals surface area contributed by atoms with E-state index >= 15 is 0 Å². The molecule has 0 saturated carbocycles. The van der Waals surface area contributed by atoms with Crippen LogP contribution < -0.4 is 5.48 Å². The summed E-state index contributed by atoms with van der Waals surface area (Å²) >= 11 is 0. The van der Waals surface area contributed by atoms with Crippen LogP contribution >= 0.6 is 0 Å². The van der Waals surface area contributed by atoms with E-state index in [1.54, 1.807) is 0 Å². The molecule has 0 aromatic rings. The number of carbonyl (C=O) groups excluding carboxylic acids is 1. The molecule has 3 nitrogen and oxygen atoms in total. The van der Waals surface area contributed by atoms with Crippen LogP contribution in [0, 0.1) is 0 Å². The smallest absolute Gasteiger partial charge is 0.267 e. The SMILES string of the molecule is CC(C)=CC(=O)NOC(C)C. The lowest BCUT2D eigenvalue weighted by Gasteiger charge is -2.05. The number of rotatable bonds is 3. The zero-order valence-corrected chi connectivity index (χ0v) is 7.47. The number of hydroxylamine groups is 1. The van der Waals surface area contributed by atoms with Crippen LogP contribution in [0.1, 0.15) is 27.7 Å². The predicted octanol–water partition coefficient (Wildman–Crippen LogP) is 1.41. The lowest BCUT2D eigenvalue weighted by Crippen LogP contribution is -2.25. The number of allylic oxidation sites excluding steroid dienone is 1. The fourth-order valence-electron chi connectivity index (χ4n) is 0.468. The molecular weight excluding hydrogens is 142 g/mol. The molecule has 0 radical (unpaired) electrons. The summed E-state index contributed by atoms with van der Waals surface area (Å²) in [6, 6.07) is 0. The van der Waals surface area contributed by atoms with Crippen molar-refractivity contribution in [1.82, 2.24) is 5.48 Å². The molecule has 0 unspecified atom stereocenters. The highest BCUT2D eigenvalue weighted by molar-refractivity contribution is 5.87. The molecule has 0 atom stereocenters. The van der Waals surface area contributed by atoms with Gasteiger partial charge < -0.3 is 0 Å². The van der Waals surface area contributed by atoms with Crippen LogP contribution in [0.2, 0.25) is 0 Å². The Labute approximate surface area is 67.4 Å². The van der Waals surface area contributed by atoms with E-state index in [-0.39, 0.29) is 12.0 Å². The number of carbonyl (C=O) groups is 1. The van der Waals surface area contributed by atoms with Crippen LogP contribution in [0.4, 0.5) is 0 Å². The summed E-state index contributed by atoms with van der Waals surface area (Å²) in [7, 11) is 0. The van der Waals surface area contributed by atoms with Gasteiger partial charge in [0.2, 0.25) is 0 Å². The molecule has 0 aliphatic heterocycles. The van der Waals surface area contributed by atoms with Crippen LogP contribution in [0.3, 0.4) is 0 Å². The first kappa shape index (κ1) is 10.2. The lowest BCUT2D eigenvalue weighted by atomic mass is 10.3. The fourth-order valence-corrected chi connectivity index (χ4v) is 0.468. The maximum Gasteiger partial charge on any atom is 0.267 e. The van der Waals surface area contributed by atoms with Gasteiger partial charge in [-0.3, -0.25) is 9.63 Å². The molecule has 0 bridgehead atoms. The van der Waals surface area contributed by atoms with E-state index in [2.05, 4.69) is 5.48 Å².